The van der Waals surface area contributed by atoms with Gasteiger partial charge in [0.2, 0.25) is 0 Å². The summed E-state index contributed by atoms with van der Waals surface area (Å²) < 4.78 is 0. The molecule has 0 aliphatic carbocycles. The van der Waals surface area contributed by atoms with Crippen molar-refractivity contribution in [3.8, 4) is 0 Å². The van der Waals surface area contributed by atoms with Crippen molar-refractivity contribution in [1.82, 2.24) is 4.90 Å². The van der Waals surface area contributed by atoms with Crippen LogP contribution in [0.3, 0.4) is 0 Å². The Balaban J connectivity index is 2.18. The fourth-order valence-corrected chi connectivity index (χ4v) is 2.72. The van der Waals surface area contributed by atoms with E-state index in [0.717, 1.165) is 11.6 Å². The molecule has 2 aromatic rings. The van der Waals surface area contributed by atoms with Crippen LogP contribution in [0.2, 0.25) is 5.02 Å². The monoisotopic (exact) mass is 288 g/mol. The van der Waals surface area contributed by atoms with E-state index in [2.05, 4.69) is 48.3 Å². The summed E-state index contributed by atoms with van der Waals surface area (Å²) in [5.74, 6) is 0. The molecule has 0 aliphatic rings. The number of hydrogen-bond donors (Lipinski definition) is 1. The number of nitrogens with two attached hydrogens (primary N) is 1. The highest BCUT2D eigenvalue weighted by Gasteiger charge is 2.21. The Morgan fingerprint density at radius 2 is 1.65 bits per heavy atom. The van der Waals surface area contributed by atoms with Crippen LogP contribution in [0.1, 0.15) is 24.1 Å². The van der Waals surface area contributed by atoms with E-state index in [0.29, 0.717) is 0 Å². The van der Waals surface area contributed by atoms with Gasteiger partial charge in [0.25, 0.3) is 0 Å². The second-order valence-electron chi connectivity index (χ2n) is 5.26. The third-order valence-electron chi connectivity index (χ3n) is 3.46. The summed E-state index contributed by atoms with van der Waals surface area (Å²) >= 11 is 5.96. The second kappa shape index (κ2) is 6.89. The van der Waals surface area contributed by atoms with Crippen LogP contribution in [0.5, 0.6) is 0 Å². The summed E-state index contributed by atoms with van der Waals surface area (Å²) in [5, 5.41) is 0.753. The molecular formula is C17H21ClN2. The zero-order valence-corrected chi connectivity index (χ0v) is 12.7. The van der Waals surface area contributed by atoms with Gasteiger partial charge in [-0.25, -0.2) is 0 Å². The van der Waals surface area contributed by atoms with E-state index >= 15 is 0 Å². The lowest BCUT2D eigenvalue weighted by molar-refractivity contribution is 0.211. The molecule has 0 saturated carbocycles. The molecule has 0 amide bonds. The largest absolute Gasteiger partial charge is 0.326 e. The Bertz CT molecular complexity index is 522. The van der Waals surface area contributed by atoms with Crippen molar-refractivity contribution in [3.63, 3.8) is 0 Å². The first-order valence-electron chi connectivity index (χ1n) is 6.83. The highest BCUT2D eigenvalue weighted by atomic mass is 35.5. The molecule has 2 nitrogen and oxygen atoms in total. The van der Waals surface area contributed by atoms with Crippen LogP contribution in [-0.4, -0.2) is 18.0 Å². The minimum absolute atomic E-state index is 0.0462. The predicted octanol–water partition coefficient (Wildman–Crippen LogP) is 3.86. The van der Waals surface area contributed by atoms with Crippen LogP contribution in [0.15, 0.2) is 54.6 Å². The normalized spacial score (nSPS) is 14.2. The number of halogens is 1. The molecule has 0 radical (unpaired) electrons. The quantitative estimate of drug-likeness (QED) is 0.905. The van der Waals surface area contributed by atoms with Crippen molar-refractivity contribution in [2.75, 3.05) is 7.05 Å². The Kier molecular flexibility index (Phi) is 5.18. The molecule has 0 spiro atoms. The van der Waals surface area contributed by atoms with Gasteiger partial charge in [0.15, 0.2) is 0 Å². The van der Waals surface area contributed by atoms with Gasteiger partial charge in [-0.3, -0.25) is 4.90 Å². The molecule has 2 unspecified atom stereocenters. The van der Waals surface area contributed by atoms with Crippen molar-refractivity contribution >= 4 is 11.6 Å². The maximum absolute atomic E-state index is 6.19. The minimum Gasteiger partial charge on any atom is -0.326 e. The Morgan fingerprint density at radius 1 is 1.05 bits per heavy atom. The molecule has 2 rings (SSSR count). The zero-order chi connectivity index (χ0) is 14.5. The molecule has 0 aromatic heterocycles. The molecule has 0 saturated heterocycles. The van der Waals surface area contributed by atoms with E-state index in [1.165, 1.54) is 11.1 Å². The van der Waals surface area contributed by atoms with Gasteiger partial charge in [-0.15, -0.1) is 0 Å². The molecule has 2 N–H and O–H groups in total. The molecule has 0 aliphatic heterocycles. The molecular weight excluding hydrogens is 268 g/mol. The highest BCUT2D eigenvalue weighted by molar-refractivity contribution is 6.30. The first-order valence-corrected chi connectivity index (χ1v) is 7.21. The van der Waals surface area contributed by atoms with Gasteiger partial charge in [0, 0.05) is 23.7 Å². The third-order valence-corrected chi connectivity index (χ3v) is 3.71. The highest BCUT2D eigenvalue weighted by Crippen LogP contribution is 2.25. The molecule has 2 atom stereocenters. The van der Waals surface area contributed by atoms with Gasteiger partial charge < -0.3 is 5.73 Å². The van der Waals surface area contributed by atoms with Crippen molar-refractivity contribution in [3.05, 3.63) is 70.7 Å². The molecule has 3 heteroatoms. The van der Waals surface area contributed by atoms with Gasteiger partial charge in [-0.2, -0.15) is 0 Å². The van der Waals surface area contributed by atoms with Crippen molar-refractivity contribution in [2.45, 2.75) is 25.6 Å². The number of nitrogens with zero attached hydrogens (tertiary/aromatic N) is 1. The molecule has 20 heavy (non-hydrogen) atoms. The fraction of sp³-hybridized carbons (Fsp3) is 0.294. The molecule has 0 fully saturated rings. The van der Waals surface area contributed by atoms with Crippen LogP contribution in [0.4, 0.5) is 0 Å². The Morgan fingerprint density at radius 3 is 2.20 bits per heavy atom. The van der Waals surface area contributed by atoms with Gasteiger partial charge in [-0.1, -0.05) is 54.1 Å². The molecule has 2 aromatic carbocycles. The second-order valence-corrected chi connectivity index (χ2v) is 5.69. The summed E-state index contributed by atoms with van der Waals surface area (Å²) in [6, 6.07) is 18.6. The third kappa shape index (κ3) is 3.83. The maximum atomic E-state index is 6.19. The van der Waals surface area contributed by atoms with E-state index in [9.17, 15) is 0 Å². The van der Waals surface area contributed by atoms with E-state index in [4.69, 9.17) is 17.3 Å². The number of rotatable bonds is 5. The van der Waals surface area contributed by atoms with Crippen LogP contribution in [0, 0.1) is 0 Å². The lowest BCUT2D eigenvalue weighted by Crippen LogP contribution is -2.36. The lowest BCUT2D eigenvalue weighted by Gasteiger charge is -2.31. The molecule has 0 bridgehead atoms. The standard InChI is InChI=1S/C17H21ClN2/c1-13(19)17(15-8-10-16(18)11-9-15)20(2)12-14-6-4-3-5-7-14/h3-11,13,17H,12,19H2,1-2H3. The van der Waals surface area contributed by atoms with Gasteiger partial charge in [0.1, 0.15) is 0 Å². The van der Waals surface area contributed by atoms with E-state index < -0.39 is 0 Å². The molecule has 106 valence electrons. The summed E-state index contributed by atoms with van der Waals surface area (Å²) in [6.07, 6.45) is 0. The average Bonchev–Trinajstić information content (AvgIpc) is 2.42. The summed E-state index contributed by atoms with van der Waals surface area (Å²) in [7, 11) is 2.11. The average molecular weight is 289 g/mol. The Labute approximate surface area is 126 Å². The molecule has 0 heterocycles. The van der Waals surface area contributed by atoms with Gasteiger partial charge in [0.05, 0.1) is 0 Å². The first-order chi connectivity index (χ1) is 9.58. The Hall–Kier alpha value is -1.35. The van der Waals surface area contributed by atoms with Gasteiger partial charge >= 0.3 is 0 Å². The smallest absolute Gasteiger partial charge is 0.0496 e. The fourth-order valence-electron chi connectivity index (χ4n) is 2.59. The van der Waals surface area contributed by atoms with Crippen molar-refractivity contribution in [2.24, 2.45) is 5.73 Å². The maximum Gasteiger partial charge on any atom is 0.0496 e. The van der Waals surface area contributed by atoms with E-state index in [1.54, 1.807) is 0 Å². The summed E-state index contributed by atoms with van der Waals surface area (Å²) in [6.45, 7) is 2.91. The zero-order valence-electron chi connectivity index (χ0n) is 12.0. The SMILES string of the molecule is CC(N)C(c1ccc(Cl)cc1)N(C)Cc1ccccc1. The number of benzene rings is 2. The predicted molar refractivity (Wildman–Crippen MR) is 85.8 cm³/mol. The van der Waals surface area contributed by atoms with Crippen LogP contribution < -0.4 is 5.73 Å². The van der Waals surface area contributed by atoms with Gasteiger partial charge in [-0.05, 0) is 37.2 Å². The van der Waals surface area contributed by atoms with E-state index in [1.807, 2.05) is 25.1 Å². The topological polar surface area (TPSA) is 29.3 Å². The summed E-state index contributed by atoms with van der Waals surface area (Å²) in [4.78, 5) is 2.28. The van der Waals surface area contributed by atoms with Crippen LogP contribution in [-0.2, 0) is 6.54 Å². The summed E-state index contributed by atoms with van der Waals surface area (Å²) in [5.41, 5.74) is 8.67. The van der Waals surface area contributed by atoms with E-state index in [-0.39, 0.29) is 12.1 Å². The van der Waals surface area contributed by atoms with Crippen LogP contribution in [0.25, 0.3) is 0 Å². The minimum atomic E-state index is 0.0462. The lowest BCUT2D eigenvalue weighted by atomic mass is 9.99. The van der Waals surface area contributed by atoms with Crippen LogP contribution >= 0.6 is 11.6 Å². The van der Waals surface area contributed by atoms with Crippen molar-refractivity contribution in [1.29, 1.82) is 0 Å². The first kappa shape index (κ1) is 15.0. The van der Waals surface area contributed by atoms with Crippen molar-refractivity contribution < 1.29 is 0 Å². The number of likely N-dealkylation sites (N-methyl/N-ethyl adjacent to an activating group) is 1. The number of hydrogen-bond acceptors (Lipinski definition) is 2.